The van der Waals surface area contributed by atoms with Crippen molar-refractivity contribution in [1.29, 1.82) is 0 Å². The minimum Gasteiger partial charge on any atom is -0.545 e. The van der Waals surface area contributed by atoms with E-state index >= 15 is 0 Å². The van der Waals surface area contributed by atoms with Crippen molar-refractivity contribution in [3.63, 3.8) is 0 Å². The Hall–Kier alpha value is -14.3. The van der Waals surface area contributed by atoms with Crippen molar-refractivity contribution in [3.05, 3.63) is 266 Å². The third-order valence-corrected chi connectivity index (χ3v) is 20.2. The Morgan fingerprint density at radius 3 is 1.14 bits per heavy atom. The van der Waals surface area contributed by atoms with Gasteiger partial charge < -0.3 is 110 Å². The monoisotopic (exact) mass is 1690 g/mol. The van der Waals surface area contributed by atoms with Crippen molar-refractivity contribution in [2.75, 3.05) is 55.6 Å². The van der Waals surface area contributed by atoms with E-state index in [0.29, 0.717) is 86.3 Å². The van der Waals surface area contributed by atoms with Crippen LogP contribution in [0.4, 0.5) is 0 Å². The van der Waals surface area contributed by atoms with Gasteiger partial charge in [0.05, 0.1) is 44.4 Å². The molecule has 35 heteroatoms. The summed E-state index contributed by atoms with van der Waals surface area (Å²) in [6.45, 7) is 6.36. The van der Waals surface area contributed by atoms with Crippen molar-refractivity contribution in [2.24, 2.45) is 21.1 Å². The highest BCUT2D eigenvalue weighted by Gasteiger charge is 2.34. The number of phenolic OH excluding ortho intramolecular Hbond substituents is 4. The maximum Gasteiger partial charge on any atom is 0.343 e. The van der Waals surface area contributed by atoms with Gasteiger partial charge >= 0.3 is 11.9 Å². The molecule has 0 saturated carbocycles. The molecule has 0 aliphatic heterocycles. The number of methoxy groups -OCH3 is 4. The van der Waals surface area contributed by atoms with Gasteiger partial charge in [0.25, 0.3) is 0 Å². The smallest absolute Gasteiger partial charge is 0.343 e. The largest absolute Gasteiger partial charge is 0.545 e. The van der Waals surface area contributed by atoms with Gasteiger partial charge in [-0.15, -0.1) is 12.4 Å². The van der Waals surface area contributed by atoms with E-state index in [0.717, 1.165) is 24.0 Å². The number of fused-ring (bicyclic) bond motifs is 6. The number of ketones is 3. The first kappa shape index (κ1) is 88.5. The normalized spacial score (nSPS) is 12.5. The molecule has 15 rings (SSSR count). The first-order valence-corrected chi connectivity index (χ1v) is 36.8. The van der Waals surface area contributed by atoms with Gasteiger partial charge in [-0.2, -0.15) is 0 Å². The second-order valence-electron chi connectivity index (χ2n) is 27.6. The van der Waals surface area contributed by atoms with E-state index in [-0.39, 0.29) is 166 Å². The lowest BCUT2D eigenvalue weighted by Gasteiger charge is -2.20. The number of aromatic nitrogens is 6. The molecule has 0 saturated heterocycles. The number of aliphatic hydroxyl groups is 1. The third-order valence-electron chi connectivity index (χ3n) is 20.2. The zero-order valence-electron chi connectivity index (χ0n) is 67.4. The molecule has 0 bridgehead atoms. The number of imidazole rings is 3. The van der Waals surface area contributed by atoms with E-state index in [1.165, 1.54) is 65.4 Å². The first-order valence-electron chi connectivity index (χ1n) is 36.8. The number of carboxylic acids is 1. The summed E-state index contributed by atoms with van der Waals surface area (Å²) < 4.78 is 75.2. The predicted octanol–water partition coefficient (Wildman–Crippen LogP) is 9.71. The van der Waals surface area contributed by atoms with Crippen LogP contribution < -0.4 is 40.3 Å². The van der Waals surface area contributed by atoms with Crippen LogP contribution in [0.3, 0.4) is 0 Å². The summed E-state index contributed by atoms with van der Waals surface area (Å²) in [5.74, 6) is -4.23. The molecule has 34 nitrogen and oxygen atoms in total. The molecular weight excluding hydrogens is 1610 g/mol. The molecule has 634 valence electrons. The highest BCUT2D eigenvalue weighted by atomic mass is 35.5. The number of carbonyl (C=O) groups is 6. The Morgan fingerprint density at radius 1 is 0.434 bits per heavy atom. The average molecular weight is 1690 g/mol. The number of halogens is 1. The number of aromatic carboxylic acids is 1. The van der Waals surface area contributed by atoms with Crippen LogP contribution in [0.15, 0.2) is 156 Å². The molecular formula is C87H80ClN6O28-. The van der Waals surface area contributed by atoms with Gasteiger partial charge in [-0.25, -0.2) is 24.5 Å². The minimum absolute atomic E-state index is 0. The fourth-order valence-corrected chi connectivity index (χ4v) is 13.5. The average Bonchev–Trinajstić information content (AvgIpc) is 0.826. The van der Waals surface area contributed by atoms with Crippen molar-refractivity contribution in [3.8, 4) is 46.0 Å². The summed E-state index contributed by atoms with van der Waals surface area (Å²) in [5.41, 5.74) is 2.36. The number of allylic oxidation sites excluding steroid dienone is 6. The van der Waals surface area contributed by atoms with Gasteiger partial charge in [-0.3, -0.25) is 28.8 Å². The molecule has 6 heterocycles. The molecule has 6 aromatic heterocycles. The Labute approximate surface area is 698 Å². The number of ether oxygens (including phenoxy) is 10. The number of Topliss-reactive ketones (excluding diaryl/α,β-unsaturated/α-hetero) is 3. The van der Waals surface area contributed by atoms with Crippen molar-refractivity contribution in [2.45, 2.75) is 66.8 Å². The molecule has 0 radical (unpaired) electrons. The number of esters is 2. The lowest BCUT2D eigenvalue weighted by Crippen LogP contribution is -2.27. The molecule has 0 atom stereocenters. The summed E-state index contributed by atoms with van der Waals surface area (Å²) >= 11 is 0. The van der Waals surface area contributed by atoms with Crippen molar-refractivity contribution in [1.82, 2.24) is 28.7 Å². The number of aryl methyl sites for hydroxylation is 5. The van der Waals surface area contributed by atoms with E-state index in [4.69, 9.17) is 65.7 Å². The summed E-state index contributed by atoms with van der Waals surface area (Å²) in [4.78, 5) is 132. The Kier molecular flexibility index (Phi) is 27.7. The van der Waals surface area contributed by atoms with Crippen LogP contribution in [0.25, 0.3) is 49.6 Å². The van der Waals surface area contributed by atoms with E-state index in [1.807, 2.05) is 14.0 Å². The SMILES string of the molecule is COCOc1cc2c(cc1OCOC)C(=O)C(c1coc3cc(C)c(C)c(C(=O)OCc4nccn4C)c3c1=O)=CC2.COCOc1cc2c(cc1OCOC)C(=O)C(c1coc3cc(C)c(C)c(C(=O)[O-])c3c1=O)=CC2.Cl.Cn1ccnc1CO.Cn1ccnc1COC(=O)c1c(O)c(O)cc2occ(C3=CCc4cc(O)c(O)cc4C3=O)c(=O)c12. The van der Waals surface area contributed by atoms with Gasteiger partial charge in [0.1, 0.15) is 78.4 Å². The highest BCUT2D eigenvalue weighted by Crippen LogP contribution is 2.42. The molecule has 12 aromatic rings. The number of hydrogen-bond acceptors (Lipinski definition) is 31. The van der Waals surface area contributed by atoms with Crippen molar-refractivity contribution < 1.29 is 120 Å². The number of aromatic hydroxyl groups is 4. The van der Waals surface area contributed by atoms with E-state index in [2.05, 4.69) is 15.0 Å². The Balaban J connectivity index is 0.000000170. The zero-order chi connectivity index (χ0) is 86.9. The maximum atomic E-state index is 14.0. The van der Waals surface area contributed by atoms with Gasteiger partial charge in [0, 0.05) is 132 Å². The fourth-order valence-electron chi connectivity index (χ4n) is 13.5. The molecule has 0 amide bonds. The number of carboxylic acid groups (broad SMARTS) is 1. The fraction of sp³-hybridized carbons (Fsp3) is 0.241. The maximum absolute atomic E-state index is 14.0. The number of phenols is 4. The standard InChI is InChI=1S/C31H30N2O9.C26H24O9.C25H18N2O9.C5H8N2O.ClH/c1-17-10-25-28(27(18(17)2)31(36)40-14-26-32-8-9-33(26)3)30(35)22(13-39-25)20-7-6-19-11-23(41-15-37-4)24(42-16-38-5)12-21(19)29(20)34;1-13-7-21-23(22(14(13)2)26(29)30)25(28)18(10-33-21)16-6-5-15-8-19(34-11-31-3)20(35-12-32-4)9-17(15)24(16)27;1-27-5-4-26-19(27)10-36-25(34)21-20-18(8-17(30)24(21)33)35-9-14(23(20)32)12-3-2-11-6-15(28)16(29)7-13(11)22(12)31;1-7-3-2-6-5(7)4-8;/h7-13H,6,14-16H2,1-5H3;6-10H,5,11-12H2,1-4H3,(H,29,30);3-9,28-30,33H,2,10H2,1H3;2-3,8H,4H2,1H3;1H/p-1. The molecule has 0 unspecified atom stereocenters. The third kappa shape index (κ3) is 18.0. The van der Waals surface area contributed by atoms with Gasteiger partial charge in [-0.05, 0) is 134 Å². The van der Waals surface area contributed by atoms with Gasteiger partial charge in [0.2, 0.25) is 16.3 Å². The molecule has 0 fully saturated rings. The van der Waals surface area contributed by atoms with Crippen LogP contribution in [0.1, 0.15) is 135 Å². The minimum atomic E-state index is -1.49. The number of aliphatic hydroxyl groups excluding tert-OH is 1. The topological polar surface area (TPSA) is 463 Å². The summed E-state index contributed by atoms with van der Waals surface area (Å²) in [6, 6.07) is 13.1. The number of carbonyl (C=O) groups excluding carboxylic acids is 6. The van der Waals surface area contributed by atoms with Gasteiger partial charge in [-0.1, -0.05) is 18.2 Å². The molecule has 0 spiro atoms. The highest BCUT2D eigenvalue weighted by molar-refractivity contribution is 6.32. The predicted molar refractivity (Wildman–Crippen MR) is 436 cm³/mol. The zero-order valence-corrected chi connectivity index (χ0v) is 68.2. The molecule has 3 aliphatic rings. The van der Waals surface area contributed by atoms with E-state index in [9.17, 15) is 68.7 Å². The van der Waals surface area contributed by atoms with Crippen LogP contribution >= 0.6 is 12.4 Å². The molecule has 6 aromatic carbocycles. The van der Waals surface area contributed by atoms with Crippen LogP contribution in [0.5, 0.6) is 46.0 Å². The van der Waals surface area contributed by atoms with E-state index < -0.39 is 74.4 Å². The summed E-state index contributed by atoms with van der Waals surface area (Å²) in [6.07, 6.45) is 19.0. The Morgan fingerprint density at radius 2 is 0.770 bits per heavy atom. The lowest BCUT2D eigenvalue weighted by atomic mass is 9.86. The van der Waals surface area contributed by atoms with Crippen LogP contribution in [-0.2, 0) is 88.6 Å². The van der Waals surface area contributed by atoms with Crippen LogP contribution in [0, 0.1) is 27.7 Å². The van der Waals surface area contributed by atoms with Crippen LogP contribution in [0.2, 0.25) is 0 Å². The number of hydrogen-bond donors (Lipinski definition) is 5. The second kappa shape index (κ2) is 38.2. The van der Waals surface area contributed by atoms with Gasteiger partial charge in [0.15, 0.2) is 90.5 Å². The van der Waals surface area contributed by atoms with Crippen LogP contribution in [-0.4, -0.2) is 145 Å². The number of nitrogens with zero attached hydrogens (tertiary/aromatic N) is 6. The number of rotatable bonds is 23. The summed E-state index contributed by atoms with van der Waals surface area (Å²) in [5, 5.41) is 60.0. The molecule has 122 heavy (non-hydrogen) atoms. The Bertz CT molecular complexity index is 6450. The summed E-state index contributed by atoms with van der Waals surface area (Å²) in [7, 11) is 11.2. The van der Waals surface area contributed by atoms with E-state index in [1.54, 1.807) is 122 Å². The second-order valence-corrected chi connectivity index (χ2v) is 27.6. The quantitative estimate of drug-likeness (QED) is 0.0226. The lowest BCUT2D eigenvalue weighted by molar-refractivity contribution is -0.254. The number of benzene rings is 6. The molecule has 3 aliphatic carbocycles. The van der Waals surface area contributed by atoms with Crippen molar-refractivity contribution >= 4 is 97.3 Å². The first-order chi connectivity index (χ1) is 58.0. The molecule has 5 N–H and O–H groups in total.